The molecule has 0 bridgehead atoms. The van der Waals surface area contributed by atoms with Gasteiger partial charge in [-0.2, -0.15) is 0 Å². The van der Waals surface area contributed by atoms with Crippen molar-refractivity contribution in [1.82, 2.24) is 5.32 Å². The van der Waals surface area contributed by atoms with Crippen LogP contribution in [-0.4, -0.2) is 32.7 Å². The van der Waals surface area contributed by atoms with Crippen LogP contribution in [0.5, 0.6) is 11.5 Å². The zero-order chi connectivity index (χ0) is 19.6. The van der Waals surface area contributed by atoms with Crippen LogP contribution in [0.25, 0.3) is 0 Å². The van der Waals surface area contributed by atoms with Gasteiger partial charge in [0, 0.05) is 12.1 Å². The van der Waals surface area contributed by atoms with Gasteiger partial charge in [-0.15, -0.1) is 0 Å². The Labute approximate surface area is 159 Å². The summed E-state index contributed by atoms with van der Waals surface area (Å²) in [6, 6.07) is 11.9. The van der Waals surface area contributed by atoms with E-state index in [-0.39, 0.29) is 5.91 Å². The van der Waals surface area contributed by atoms with E-state index in [0.717, 1.165) is 18.4 Å². The number of amides is 1. The van der Waals surface area contributed by atoms with Gasteiger partial charge in [-0.1, -0.05) is 19.4 Å². The van der Waals surface area contributed by atoms with E-state index in [1.165, 1.54) is 7.11 Å². The molecule has 0 aromatic heterocycles. The molecule has 2 rings (SSSR count). The van der Waals surface area contributed by atoms with Gasteiger partial charge in [0.15, 0.2) is 11.5 Å². The summed E-state index contributed by atoms with van der Waals surface area (Å²) in [6.45, 7) is 3.10. The molecule has 1 N–H and O–H groups in total. The van der Waals surface area contributed by atoms with Crippen LogP contribution in [0.3, 0.4) is 0 Å². The molecule has 144 valence electrons. The van der Waals surface area contributed by atoms with Crippen molar-refractivity contribution >= 4 is 11.9 Å². The van der Waals surface area contributed by atoms with Crippen molar-refractivity contribution in [3.8, 4) is 11.5 Å². The van der Waals surface area contributed by atoms with E-state index in [0.29, 0.717) is 35.8 Å². The largest absolute Gasteiger partial charge is 0.493 e. The summed E-state index contributed by atoms with van der Waals surface area (Å²) < 4.78 is 15.7. The Morgan fingerprint density at radius 1 is 0.963 bits per heavy atom. The number of hydrogen-bond donors (Lipinski definition) is 1. The fourth-order valence-corrected chi connectivity index (χ4v) is 2.43. The molecule has 0 saturated carbocycles. The molecule has 0 atom stereocenters. The molecular weight excluding hydrogens is 346 g/mol. The smallest absolute Gasteiger partial charge is 0.337 e. The Bertz CT molecular complexity index is 771. The van der Waals surface area contributed by atoms with Gasteiger partial charge >= 0.3 is 5.97 Å². The molecule has 0 radical (unpaired) electrons. The molecular formula is C21H25NO5. The number of carbonyl (C=O) groups is 2. The molecule has 2 aromatic carbocycles. The van der Waals surface area contributed by atoms with Gasteiger partial charge in [-0.25, -0.2) is 4.79 Å². The number of benzene rings is 2. The lowest BCUT2D eigenvalue weighted by atomic mass is 10.1. The second kappa shape index (κ2) is 10.2. The normalized spacial score (nSPS) is 10.2. The van der Waals surface area contributed by atoms with Gasteiger partial charge < -0.3 is 19.5 Å². The number of carbonyl (C=O) groups excluding carboxylic acids is 2. The topological polar surface area (TPSA) is 73.9 Å². The van der Waals surface area contributed by atoms with Crippen molar-refractivity contribution in [1.29, 1.82) is 0 Å². The van der Waals surface area contributed by atoms with Crippen molar-refractivity contribution in [3.63, 3.8) is 0 Å². The highest BCUT2D eigenvalue weighted by molar-refractivity contribution is 5.96. The Balaban J connectivity index is 1.97. The quantitative estimate of drug-likeness (QED) is 0.539. The number of unbranched alkanes of at least 4 members (excludes halogenated alkanes) is 1. The minimum Gasteiger partial charge on any atom is -0.493 e. The molecule has 0 aliphatic rings. The summed E-state index contributed by atoms with van der Waals surface area (Å²) in [6.07, 6.45) is 2.04. The molecule has 0 fully saturated rings. The molecule has 0 aliphatic carbocycles. The van der Waals surface area contributed by atoms with Crippen molar-refractivity contribution in [2.24, 2.45) is 0 Å². The van der Waals surface area contributed by atoms with Crippen LogP contribution in [0.1, 0.15) is 46.0 Å². The highest BCUT2D eigenvalue weighted by Crippen LogP contribution is 2.28. The number of methoxy groups -OCH3 is 2. The molecule has 27 heavy (non-hydrogen) atoms. The van der Waals surface area contributed by atoms with Gasteiger partial charge in [0.25, 0.3) is 5.91 Å². The summed E-state index contributed by atoms with van der Waals surface area (Å²) in [5, 5.41) is 2.85. The maximum absolute atomic E-state index is 12.3. The standard InChI is InChI=1S/C21H25NO5/c1-4-5-12-27-18-11-6-15(13-19(18)25-2)14-22-20(23)16-7-9-17(10-8-16)21(24)26-3/h6-11,13H,4-5,12,14H2,1-3H3,(H,22,23). The van der Waals surface area contributed by atoms with Crippen molar-refractivity contribution in [2.75, 3.05) is 20.8 Å². The zero-order valence-corrected chi connectivity index (χ0v) is 15.9. The fourth-order valence-electron chi connectivity index (χ4n) is 2.43. The van der Waals surface area contributed by atoms with Crippen molar-refractivity contribution in [3.05, 3.63) is 59.2 Å². The zero-order valence-electron chi connectivity index (χ0n) is 15.9. The molecule has 0 spiro atoms. The van der Waals surface area contributed by atoms with E-state index in [1.807, 2.05) is 18.2 Å². The van der Waals surface area contributed by atoms with E-state index >= 15 is 0 Å². The minimum absolute atomic E-state index is 0.228. The Kier molecular flexibility index (Phi) is 7.67. The van der Waals surface area contributed by atoms with Crippen molar-refractivity contribution < 1.29 is 23.8 Å². The average Bonchev–Trinajstić information content (AvgIpc) is 2.72. The molecule has 0 saturated heterocycles. The van der Waals surface area contributed by atoms with E-state index in [2.05, 4.69) is 17.0 Å². The maximum Gasteiger partial charge on any atom is 0.337 e. The number of esters is 1. The lowest BCUT2D eigenvalue weighted by Gasteiger charge is -2.12. The highest BCUT2D eigenvalue weighted by Gasteiger charge is 2.10. The summed E-state index contributed by atoms with van der Waals surface area (Å²) in [5.74, 6) is 0.670. The first-order valence-corrected chi connectivity index (χ1v) is 8.85. The monoisotopic (exact) mass is 371 g/mol. The number of hydrogen-bond acceptors (Lipinski definition) is 5. The predicted octanol–water partition coefficient (Wildman–Crippen LogP) is 3.59. The number of nitrogens with one attached hydrogen (secondary N) is 1. The molecule has 6 heteroatoms. The first kappa shape index (κ1) is 20.3. The van der Waals surface area contributed by atoms with Gasteiger partial charge in [0.1, 0.15) is 0 Å². The third kappa shape index (κ3) is 5.74. The van der Waals surface area contributed by atoms with Crippen LogP contribution in [0.4, 0.5) is 0 Å². The van der Waals surface area contributed by atoms with E-state index in [9.17, 15) is 9.59 Å². The van der Waals surface area contributed by atoms with E-state index in [1.54, 1.807) is 31.4 Å². The lowest BCUT2D eigenvalue weighted by molar-refractivity contribution is 0.0600. The maximum atomic E-state index is 12.3. The molecule has 6 nitrogen and oxygen atoms in total. The predicted molar refractivity (Wildman–Crippen MR) is 102 cm³/mol. The van der Waals surface area contributed by atoms with Crippen molar-refractivity contribution in [2.45, 2.75) is 26.3 Å². The van der Waals surface area contributed by atoms with Crippen LogP contribution in [0, 0.1) is 0 Å². The average molecular weight is 371 g/mol. The SMILES string of the molecule is CCCCOc1ccc(CNC(=O)c2ccc(C(=O)OC)cc2)cc1OC. The van der Waals surface area contributed by atoms with Gasteiger partial charge in [-0.3, -0.25) is 4.79 Å². The number of rotatable bonds is 9. The Morgan fingerprint density at radius 2 is 1.67 bits per heavy atom. The van der Waals surface area contributed by atoms with Crippen LogP contribution in [0.2, 0.25) is 0 Å². The number of ether oxygens (including phenoxy) is 3. The third-order valence-corrected chi connectivity index (χ3v) is 4.00. The Morgan fingerprint density at radius 3 is 2.30 bits per heavy atom. The van der Waals surface area contributed by atoms with Crippen LogP contribution in [-0.2, 0) is 11.3 Å². The van der Waals surface area contributed by atoms with Gasteiger partial charge in [0.05, 0.1) is 26.4 Å². The van der Waals surface area contributed by atoms with E-state index < -0.39 is 5.97 Å². The van der Waals surface area contributed by atoms with E-state index in [4.69, 9.17) is 9.47 Å². The third-order valence-electron chi connectivity index (χ3n) is 4.00. The first-order valence-electron chi connectivity index (χ1n) is 8.85. The second-order valence-electron chi connectivity index (χ2n) is 5.94. The summed E-state index contributed by atoms with van der Waals surface area (Å²) in [4.78, 5) is 23.7. The first-order chi connectivity index (χ1) is 13.1. The molecule has 1 amide bonds. The summed E-state index contributed by atoms with van der Waals surface area (Å²) in [5.41, 5.74) is 1.76. The molecule has 0 heterocycles. The lowest BCUT2D eigenvalue weighted by Crippen LogP contribution is -2.22. The van der Waals surface area contributed by atoms with Crippen LogP contribution < -0.4 is 14.8 Å². The Hall–Kier alpha value is -3.02. The molecule has 0 aliphatic heterocycles. The van der Waals surface area contributed by atoms with Crippen LogP contribution >= 0.6 is 0 Å². The summed E-state index contributed by atoms with van der Waals surface area (Å²) >= 11 is 0. The molecule has 0 unspecified atom stereocenters. The van der Waals surface area contributed by atoms with Crippen LogP contribution in [0.15, 0.2) is 42.5 Å². The summed E-state index contributed by atoms with van der Waals surface area (Å²) in [7, 11) is 2.91. The molecule has 2 aromatic rings. The van der Waals surface area contributed by atoms with Gasteiger partial charge in [0.2, 0.25) is 0 Å². The minimum atomic E-state index is -0.435. The fraction of sp³-hybridized carbons (Fsp3) is 0.333. The second-order valence-corrected chi connectivity index (χ2v) is 5.94. The van der Waals surface area contributed by atoms with Gasteiger partial charge in [-0.05, 0) is 48.4 Å². The highest BCUT2D eigenvalue weighted by atomic mass is 16.5.